The van der Waals surface area contributed by atoms with Crippen LogP contribution >= 0.6 is 0 Å². The smallest absolute Gasteiger partial charge is 0.154 e. The van der Waals surface area contributed by atoms with Crippen molar-refractivity contribution >= 4 is 17.0 Å². The fraction of sp³-hybridized carbons (Fsp3) is 0.409. The van der Waals surface area contributed by atoms with E-state index in [1.54, 1.807) is 0 Å². The first-order valence-electron chi connectivity index (χ1n) is 10.2. The van der Waals surface area contributed by atoms with Crippen LogP contribution < -0.4 is 4.90 Å². The number of aromatic nitrogens is 5. The van der Waals surface area contributed by atoms with E-state index in [1.807, 2.05) is 41.3 Å². The third-order valence-corrected chi connectivity index (χ3v) is 5.61. The molecule has 1 aliphatic heterocycles. The Hall–Kier alpha value is -2.93. The summed E-state index contributed by atoms with van der Waals surface area (Å²) < 4.78 is 4.05. The summed E-state index contributed by atoms with van der Waals surface area (Å²) >= 11 is 0. The second kappa shape index (κ2) is 6.84. The molecule has 4 aromatic rings. The van der Waals surface area contributed by atoms with Crippen LogP contribution in [0.5, 0.6) is 0 Å². The SMILES string of the molecule is CC(C)(C)c1cc2c(N3CCN(Cc4cn5ccccc5n4)CC3)nccn2n1. The second-order valence-corrected chi connectivity index (χ2v) is 8.82. The molecule has 0 N–H and O–H groups in total. The van der Waals surface area contributed by atoms with Gasteiger partial charge in [0.25, 0.3) is 0 Å². The average molecular weight is 390 g/mol. The predicted molar refractivity (Wildman–Crippen MR) is 114 cm³/mol. The molecule has 5 rings (SSSR count). The number of piperazine rings is 1. The molecule has 7 nitrogen and oxygen atoms in total. The van der Waals surface area contributed by atoms with Crippen LogP contribution in [-0.2, 0) is 12.0 Å². The van der Waals surface area contributed by atoms with E-state index in [-0.39, 0.29) is 5.41 Å². The summed E-state index contributed by atoms with van der Waals surface area (Å²) in [6.45, 7) is 11.4. The van der Waals surface area contributed by atoms with Crippen LogP contribution in [0.2, 0.25) is 0 Å². The van der Waals surface area contributed by atoms with Crippen LogP contribution in [0.4, 0.5) is 5.82 Å². The molecule has 29 heavy (non-hydrogen) atoms. The maximum Gasteiger partial charge on any atom is 0.154 e. The minimum Gasteiger partial charge on any atom is -0.352 e. The maximum absolute atomic E-state index is 4.76. The van der Waals surface area contributed by atoms with Crippen LogP contribution in [0, 0.1) is 0 Å². The highest BCUT2D eigenvalue weighted by Gasteiger charge is 2.23. The number of anilines is 1. The van der Waals surface area contributed by atoms with Gasteiger partial charge in [0.2, 0.25) is 0 Å². The first-order valence-corrected chi connectivity index (χ1v) is 10.2. The predicted octanol–water partition coefficient (Wildman–Crippen LogP) is 3.00. The second-order valence-electron chi connectivity index (χ2n) is 8.82. The van der Waals surface area contributed by atoms with Gasteiger partial charge in [-0.3, -0.25) is 4.90 Å². The highest BCUT2D eigenvalue weighted by Crippen LogP contribution is 2.27. The molecule has 4 aromatic heterocycles. The molecule has 0 atom stereocenters. The zero-order chi connectivity index (χ0) is 20.0. The van der Waals surface area contributed by atoms with Gasteiger partial charge in [-0.05, 0) is 18.2 Å². The quantitative estimate of drug-likeness (QED) is 0.539. The van der Waals surface area contributed by atoms with E-state index in [0.29, 0.717) is 0 Å². The summed E-state index contributed by atoms with van der Waals surface area (Å²) in [5.41, 5.74) is 4.34. The van der Waals surface area contributed by atoms with Gasteiger partial charge in [0.15, 0.2) is 5.82 Å². The van der Waals surface area contributed by atoms with E-state index in [0.717, 1.165) is 61.1 Å². The van der Waals surface area contributed by atoms with Crippen molar-refractivity contribution in [2.75, 3.05) is 31.1 Å². The number of hydrogen-bond donors (Lipinski definition) is 0. The van der Waals surface area contributed by atoms with E-state index in [9.17, 15) is 0 Å². The minimum absolute atomic E-state index is 0.0239. The van der Waals surface area contributed by atoms with Crippen molar-refractivity contribution in [2.45, 2.75) is 32.7 Å². The van der Waals surface area contributed by atoms with E-state index in [4.69, 9.17) is 15.1 Å². The van der Waals surface area contributed by atoms with Crippen LogP contribution in [0.15, 0.2) is 49.1 Å². The molecule has 0 amide bonds. The molecule has 1 saturated heterocycles. The van der Waals surface area contributed by atoms with Gasteiger partial charge in [0, 0.05) is 62.9 Å². The monoisotopic (exact) mass is 389 g/mol. The molecule has 0 unspecified atom stereocenters. The summed E-state index contributed by atoms with van der Waals surface area (Å²) in [6, 6.07) is 8.29. The van der Waals surface area contributed by atoms with Crippen LogP contribution in [0.25, 0.3) is 11.2 Å². The molecule has 7 heteroatoms. The standard InChI is InChI=1S/C22H27N7/c1-22(2,3)19-14-18-21(23-7-9-29(18)25-19)27-12-10-26(11-13-27)15-17-16-28-8-5-4-6-20(28)24-17/h4-9,14,16H,10-13,15H2,1-3H3. The molecule has 0 aromatic carbocycles. The number of nitrogens with zero attached hydrogens (tertiary/aromatic N) is 7. The van der Waals surface area contributed by atoms with Crippen molar-refractivity contribution in [1.29, 1.82) is 0 Å². The van der Waals surface area contributed by atoms with Gasteiger partial charge < -0.3 is 9.30 Å². The third-order valence-electron chi connectivity index (χ3n) is 5.61. The molecule has 0 aliphatic carbocycles. The van der Waals surface area contributed by atoms with E-state index in [2.05, 4.69) is 47.2 Å². The number of rotatable bonds is 3. The Morgan fingerprint density at radius 2 is 1.86 bits per heavy atom. The number of pyridine rings is 1. The van der Waals surface area contributed by atoms with Gasteiger partial charge in [-0.2, -0.15) is 5.10 Å². The Bertz CT molecular complexity index is 1110. The largest absolute Gasteiger partial charge is 0.352 e. The molecular formula is C22H27N7. The number of fused-ring (bicyclic) bond motifs is 2. The lowest BCUT2D eigenvalue weighted by atomic mass is 9.92. The van der Waals surface area contributed by atoms with Crippen molar-refractivity contribution in [3.63, 3.8) is 0 Å². The van der Waals surface area contributed by atoms with Gasteiger partial charge in [0.05, 0.1) is 11.4 Å². The lowest BCUT2D eigenvalue weighted by Crippen LogP contribution is -2.46. The van der Waals surface area contributed by atoms with Crippen molar-refractivity contribution in [2.24, 2.45) is 0 Å². The summed E-state index contributed by atoms with van der Waals surface area (Å²) in [5, 5.41) is 4.76. The Morgan fingerprint density at radius 3 is 2.62 bits per heavy atom. The normalized spacial score (nSPS) is 16.2. The minimum atomic E-state index is 0.0239. The summed E-state index contributed by atoms with van der Waals surface area (Å²) in [4.78, 5) is 14.3. The highest BCUT2D eigenvalue weighted by atomic mass is 15.3. The van der Waals surface area contributed by atoms with Gasteiger partial charge in [-0.25, -0.2) is 14.5 Å². The topological polar surface area (TPSA) is 54.0 Å². The lowest BCUT2D eigenvalue weighted by Gasteiger charge is -2.35. The van der Waals surface area contributed by atoms with Crippen molar-refractivity contribution in [3.05, 3.63) is 60.4 Å². The molecule has 1 fully saturated rings. The molecule has 0 spiro atoms. The van der Waals surface area contributed by atoms with Gasteiger partial charge in [-0.15, -0.1) is 0 Å². The Kier molecular flexibility index (Phi) is 4.28. The Labute approximate surface area is 170 Å². The molecular weight excluding hydrogens is 362 g/mol. The molecule has 0 radical (unpaired) electrons. The van der Waals surface area contributed by atoms with Gasteiger partial charge in [0.1, 0.15) is 11.2 Å². The van der Waals surface area contributed by atoms with Gasteiger partial charge in [-0.1, -0.05) is 26.8 Å². The molecule has 150 valence electrons. The number of hydrogen-bond acceptors (Lipinski definition) is 5. The van der Waals surface area contributed by atoms with Crippen molar-refractivity contribution < 1.29 is 0 Å². The Morgan fingerprint density at radius 1 is 1.03 bits per heavy atom. The summed E-state index contributed by atoms with van der Waals surface area (Å²) in [7, 11) is 0. The van der Waals surface area contributed by atoms with Crippen LogP contribution in [-0.4, -0.2) is 55.1 Å². The molecule has 1 aliphatic rings. The highest BCUT2D eigenvalue weighted by molar-refractivity contribution is 5.69. The van der Waals surface area contributed by atoms with Crippen LogP contribution in [0.3, 0.4) is 0 Å². The van der Waals surface area contributed by atoms with E-state index < -0.39 is 0 Å². The molecule has 0 saturated carbocycles. The fourth-order valence-corrected chi connectivity index (χ4v) is 3.93. The molecule has 5 heterocycles. The summed E-state index contributed by atoms with van der Waals surface area (Å²) in [5.74, 6) is 1.03. The van der Waals surface area contributed by atoms with Gasteiger partial charge >= 0.3 is 0 Å². The number of imidazole rings is 1. The first kappa shape index (κ1) is 18.1. The lowest BCUT2D eigenvalue weighted by molar-refractivity contribution is 0.247. The zero-order valence-electron chi connectivity index (χ0n) is 17.3. The van der Waals surface area contributed by atoms with E-state index >= 15 is 0 Å². The third kappa shape index (κ3) is 3.46. The van der Waals surface area contributed by atoms with Crippen molar-refractivity contribution in [3.8, 4) is 0 Å². The Balaban J connectivity index is 1.31. The first-order chi connectivity index (χ1) is 14.0. The van der Waals surface area contributed by atoms with E-state index in [1.165, 1.54) is 0 Å². The average Bonchev–Trinajstić information content (AvgIpc) is 3.32. The maximum atomic E-state index is 4.76. The summed E-state index contributed by atoms with van der Waals surface area (Å²) in [6.07, 6.45) is 7.97. The van der Waals surface area contributed by atoms with Crippen LogP contribution in [0.1, 0.15) is 32.2 Å². The van der Waals surface area contributed by atoms with Crippen molar-refractivity contribution in [1.82, 2.24) is 28.9 Å². The zero-order valence-corrected chi connectivity index (χ0v) is 17.3. The molecule has 0 bridgehead atoms. The fourth-order valence-electron chi connectivity index (χ4n) is 3.93.